The maximum Gasteiger partial charge on any atom is 0.274 e. The van der Waals surface area contributed by atoms with Gasteiger partial charge in [0.05, 0.1) is 0 Å². The number of aromatic amines is 1. The highest BCUT2D eigenvalue weighted by Gasteiger charge is 2.51. The zero-order valence-electron chi connectivity index (χ0n) is 16.5. The van der Waals surface area contributed by atoms with Crippen LogP contribution in [-0.2, 0) is 17.8 Å². The van der Waals surface area contributed by atoms with Crippen molar-refractivity contribution in [1.29, 1.82) is 0 Å². The van der Waals surface area contributed by atoms with E-state index in [9.17, 15) is 9.59 Å². The van der Waals surface area contributed by atoms with Gasteiger partial charge in [0, 0.05) is 51.3 Å². The lowest BCUT2D eigenvalue weighted by molar-refractivity contribution is -0.140. The monoisotopic (exact) mass is 370 g/mol. The van der Waals surface area contributed by atoms with Crippen molar-refractivity contribution in [2.75, 3.05) is 20.6 Å². The third-order valence-corrected chi connectivity index (χ3v) is 7.59. The topological polar surface area (TPSA) is 69.3 Å². The number of nitrogens with zero attached hydrogens (tertiary/aromatic N) is 3. The summed E-state index contributed by atoms with van der Waals surface area (Å²) in [4.78, 5) is 29.1. The zero-order chi connectivity index (χ0) is 18.8. The summed E-state index contributed by atoms with van der Waals surface area (Å²) in [5.41, 5.74) is 2.67. The maximum absolute atomic E-state index is 13.2. The van der Waals surface area contributed by atoms with Crippen LogP contribution >= 0.6 is 0 Å². The van der Waals surface area contributed by atoms with E-state index in [1.54, 1.807) is 19.0 Å². The van der Waals surface area contributed by atoms with Crippen LogP contribution in [0.2, 0.25) is 0 Å². The largest absolute Gasteiger partial charge is 0.343 e. The molecule has 1 aliphatic heterocycles. The van der Waals surface area contributed by atoms with Crippen molar-refractivity contribution >= 4 is 11.8 Å². The average molecular weight is 370 g/mol. The van der Waals surface area contributed by atoms with Crippen molar-refractivity contribution in [2.45, 2.75) is 57.9 Å². The van der Waals surface area contributed by atoms with Gasteiger partial charge in [0.1, 0.15) is 0 Å². The number of amides is 2. The highest BCUT2D eigenvalue weighted by molar-refractivity contribution is 5.94. The second kappa shape index (κ2) is 6.08. The predicted octanol–water partition coefficient (Wildman–Crippen LogP) is 2.60. The Morgan fingerprint density at radius 1 is 1.15 bits per heavy atom. The summed E-state index contributed by atoms with van der Waals surface area (Å²) in [5, 5.41) is 7.25. The van der Waals surface area contributed by atoms with Crippen molar-refractivity contribution in [3.63, 3.8) is 0 Å². The zero-order valence-corrected chi connectivity index (χ0v) is 16.5. The number of hydrogen-bond acceptors (Lipinski definition) is 3. The number of aromatic nitrogens is 2. The van der Waals surface area contributed by atoms with E-state index in [-0.39, 0.29) is 17.2 Å². The van der Waals surface area contributed by atoms with Gasteiger partial charge < -0.3 is 9.80 Å². The molecule has 0 unspecified atom stereocenters. The molecule has 4 saturated carbocycles. The number of hydrogen-bond donors (Lipinski definition) is 1. The van der Waals surface area contributed by atoms with E-state index >= 15 is 0 Å². The lowest BCUT2D eigenvalue weighted by Crippen LogP contribution is -2.49. The summed E-state index contributed by atoms with van der Waals surface area (Å²) in [6, 6.07) is 0. The van der Waals surface area contributed by atoms with Crippen LogP contribution < -0.4 is 0 Å². The molecule has 4 fully saturated rings. The number of carbonyl (C=O) groups excluding carboxylic acids is 2. The fraction of sp³-hybridized carbons (Fsp3) is 0.762. The van der Waals surface area contributed by atoms with Gasteiger partial charge in [-0.15, -0.1) is 0 Å². The fourth-order valence-electron chi connectivity index (χ4n) is 6.84. The molecule has 0 saturated heterocycles. The molecule has 0 aromatic carbocycles. The molecule has 1 aromatic rings. The lowest BCUT2D eigenvalue weighted by Gasteiger charge is -2.57. The number of carbonyl (C=O) groups is 2. The molecule has 0 spiro atoms. The lowest BCUT2D eigenvalue weighted by atomic mass is 9.49. The molecule has 2 heterocycles. The molecular formula is C21H30N4O2. The molecule has 6 rings (SSSR count). The van der Waals surface area contributed by atoms with Gasteiger partial charge in [-0.3, -0.25) is 14.7 Å². The number of fused-ring (bicyclic) bond motifs is 1. The van der Waals surface area contributed by atoms with Gasteiger partial charge in [-0.05, 0) is 61.7 Å². The van der Waals surface area contributed by atoms with E-state index < -0.39 is 0 Å². The Kier molecular flexibility index (Phi) is 3.89. The van der Waals surface area contributed by atoms with Crippen molar-refractivity contribution in [1.82, 2.24) is 20.0 Å². The minimum absolute atomic E-state index is 0.0946. The Labute approximate surface area is 160 Å². The maximum atomic E-state index is 13.2. The van der Waals surface area contributed by atoms with E-state index in [4.69, 9.17) is 0 Å². The van der Waals surface area contributed by atoms with Crippen molar-refractivity contribution in [3.8, 4) is 0 Å². The van der Waals surface area contributed by atoms with Crippen molar-refractivity contribution in [3.05, 3.63) is 17.0 Å². The first-order valence-electron chi connectivity index (χ1n) is 10.5. The Bertz CT molecular complexity index is 746. The molecule has 4 bridgehead atoms. The van der Waals surface area contributed by atoms with Crippen molar-refractivity contribution in [2.24, 2.45) is 23.2 Å². The molecule has 1 aromatic heterocycles. The second-order valence-corrected chi connectivity index (χ2v) is 9.89. The Morgan fingerprint density at radius 2 is 1.78 bits per heavy atom. The Balaban J connectivity index is 1.31. The van der Waals surface area contributed by atoms with Crippen LogP contribution in [0.1, 0.15) is 66.7 Å². The quantitative estimate of drug-likeness (QED) is 0.889. The molecule has 1 N–H and O–H groups in total. The molecule has 6 heteroatoms. The summed E-state index contributed by atoms with van der Waals surface area (Å²) in [5.74, 6) is 2.80. The normalized spacial score (nSPS) is 33.9. The summed E-state index contributed by atoms with van der Waals surface area (Å²) in [6.45, 7) is 1.25. The summed E-state index contributed by atoms with van der Waals surface area (Å²) in [6.07, 6.45) is 9.48. The van der Waals surface area contributed by atoms with E-state index in [0.29, 0.717) is 18.7 Å². The van der Waals surface area contributed by atoms with E-state index in [1.165, 1.54) is 38.5 Å². The summed E-state index contributed by atoms with van der Waals surface area (Å²) < 4.78 is 0. The van der Waals surface area contributed by atoms with E-state index in [1.807, 2.05) is 4.90 Å². The molecular weight excluding hydrogens is 340 g/mol. The van der Waals surface area contributed by atoms with Crippen LogP contribution in [0.5, 0.6) is 0 Å². The SMILES string of the molecule is CN(C)C(=O)c1n[nH]c2c1CN(C(=O)CC13CC4CC(CC(C4)C1)C3)CC2. The third kappa shape index (κ3) is 2.88. The molecule has 27 heavy (non-hydrogen) atoms. The van der Waals surface area contributed by atoms with Crippen LogP contribution in [-0.4, -0.2) is 52.5 Å². The first-order valence-corrected chi connectivity index (χ1v) is 10.5. The van der Waals surface area contributed by atoms with Gasteiger partial charge >= 0.3 is 0 Å². The minimum Gasteiger partial charge on any atom is -0.343 e. The first-order chi connectivity index (χ1) is 12.9. The molecule has 2 amide bonds. The number of rotatable bonds is 3. The van der Waals surface area contributed by atoms with Gasteiger partial charge in [-0.25, -0.2) is 0 Å². The van der Waals surface area contributed by atoms with Crippen molar-refractivity contribution < 1.29 is 9.59 Å². The van der Waals surface area contributed by atoms with Gasteiger partial charge in [-0.2, -0.15) is 5.10 Å². The molecule has 5 aliphatic rings. The summed E-state index contributed by atoms with van der Waals surface area (Å²) in [7, 11) is 3.48. The standard InChI is InChI=1S/C21H30N4O2/c1-24(2)20(27)19-16-12-25(4-3-17(16)22-23-19)18(26)11-21-8-13-5-14(9-21)7-15(6-13)10-21/h13-15H,3-12H2,1-2H3,(H,22,23). The first kappa shape index (κ1) is 17.3. The number of H-pyrrole nitrogens is 1. The molecule has 146 valence electrons. The molecule has 4 aliphatic carbocycles. The molecule has 6 nitrogen and oxygen atoms in total. The smallest absolute Gasteiger partial charge is 0.274 e. The van der Waals surface area contributed by atoms with Crippen LogP contribution in [0.15, 0.2) is 0 Å². The Hall–Kier alpha value is -1.85. The van der Waals surface area contributed by atoms with Crippen LogP contribution in [0.25, 0.3) is 0 Å². The second-order valence-electron chi connectivity index (χ2n) is 9.89. The van der Waals surface area contributed by atoms with E-state index in [2.05, 4.69) is 10.2 Å². The third-order valence-electron chi connectivity index (χ3n) is 7.59. The minimum atomic E-state index is -0.0946. The van der Waals surface area contributed by atoms with Gasteiger partial charge in [0.25, 0.3) is 5.91 Å². The fourth-order valence-corrected chi connectivity index (χ4v) is 6.84. The van der Waals surface area contributed by atoms with Crippen LogP contribution in [0.3, 0.4) is 0 Å². The number of nitrogens with one attached hydrogen (secondary N) is 1. The van der Waals surface area contributed by atoms with Gasteiger partial charge in [-0.1, -0.05) is 0 Å². The van der Waals surface area contributed by atoms with Crippen LogP contribution in [0.4, 0.5) is 0 Å². The molecule has 0 radical (unpaired) electrons. The average Bonchev–Trinajstić information content (AvgIpc) is 3.02. The van der Waals surface area contributed by atoms with Gasteiger partial charge in [0.15, 0.2) is 5.69 Å². The summed E-state index contributed by atoms with van der Waals surface area (Å²) >= 11 is 0. The Morgan fingerprint density at radius 3 is 2.37 bits per heavy atom. The molecule has 0 atom stereocenters. The highest BCUT2D eigenvalue weighted by Crippen LogP contribution is 2.61. The van der Waals surface area contributed by atoms with E-state index in [0.717, 1.165) is 42.0 Å². The predicted molar refractivity (Wildman–Crippen MR) is 101 cm³/mol. The highest BCUT2D eigenvalue weighted by atomic mass is 16.2. The van der Waals surface area contributed by atoms with Gasteiger partial charge in [0.2, 0.25) is 5.91 Å². The van der Waals surface area contributed by atoms with Crippen LogP contribution in [0, 0.1) is 23.2 Å².